The van der Waals surface area contributed by atoms with Crippen molar-refractivity contribution >= 4 is 17.6 Å². The van der Waals surface area contributed by atoms with Crippen LogP contribution in [0.2, 0.25) is 0 Å². The second-order valence-corrected chi connectivity index (χ2v) is 8.23. The van der Waals surface area contributed by atoms with E-state index in [1.54, 1.807) is 41.4 Å². The van der Waals surface area contributed by atoms with Crippen LogP contribution in [0.15, 0.2) is 47.1 Å². The molecule has 178 valence electrons. The molecule has 1 aliphatic rings. The van der Waals surface area contributed by atoms with Crippen LogP contribution < -0.4 is 14.8 Å². The van der Waals surface area contributed by atoms with Crippen molar-refractivity contribution in [1.29, 1.82) is 0 Å². The van der Waals surface area contributed by atoms with Crippen molar-refractivity contribution in [2.45, 2.75) is 33.3 Å². The van der Waals surface area contributed by atoms with E-state index in [9.17, 15) is 9.59 Å². The number of carbonyl (C=O) groups is 2. The smallest absolute Gasteiger partial charge is 0.253 e. The zero-order valence-corrected chi connectivity index (χ0v) is 19.5. The van der Waals surface area contributed by atoms with Gasteiger partial charge in [0, 0.05) is 30.8 Å². The minimum atomic E-state index is -0.152. The van der Waals surface area contributed by atoms with E-state index in [-0.39, 0.29) is 17.7 Å². The van der Waals surface area contributed by atoms with Crippen molar-refractivity contribution in [3.63, 3.8) is 0 Å². The van der Waals surface area contributed by atoms with Crippen LogP contribution in [0, 0.1) is 19.8 Å². The van der Waals surface area contributed by atoms with Crippen molar-refractivity contribution in [3.05, 3.63) is 65.2 Å². The van der Waals surface area contributed by atoms with Gasteiger partial charge in [-0.05, 0) is 57.0 Å². The third-order valence-electron chi connectivity index (χ3n) is 6.03. The number of anilines is 1. The summed E-state index contributed by atoms with van der Waals surface area (Å²) in [7, 11) is 1.54. The Morgan fingerprint density at radius 3 is 2.59 bits per heavy atom. The molecule has 0 radical (unpaired) electrons. The van der Waals surface area contributed by atoms with Crippen molar-refractivity contribution in [2.75, 3.05) is 25.5 Å². The van der Waals surface area contributed by atoms with Crippen LogP contribution in [0.4, 0.5) is 5.82 Å². The quantitative estimate of drug-likeness (QED) is 0.567. The highest BCUT2D eigenvalue weighted by molar-refractivity contribution is 5.95. The highest BCUT2D eigenvalue weighted by Crippen LogP contribution is 2.30. The van der Waals surface area contributed by atoms with Gasteiger partial charge in [0.1, 0.15) is 18.2 Å². The van der Waals surface area contributed by atoms with Crippen molar-refractivity contribution < 1.29 is 23.6 Å². The van der Waals surface area contributed by atoms with E-state index in [0.29, 0.717) is 61.2 Å². The highest BCUT2D eigenvalue weighted by Gasteiger charge is 2.28. The number of aromatic nitrogens is 2. The van der Waals surface area contributed by atoms with E-state index in [1.165, 1.54) is 7.11 Å². The first kappa shape index (κ1) is 23.3. The number of pyridine rings is 1. The predicted molar refractivity (Wildman–Crippen MR) is 125 cm³/mol. The lowest BCUT2D eigenvalue weighted by Gasteiger charge is -2.31. The summed E-state index contributed by atoms with van der Waals surface area (Å²) >= 11 is 0. The molecule has 1 N–H and O–H groups in total. The number of carbonyl (C=O) groups excluding carboxylic acids is 2. The van der Waals surface area contributed by atoms with E-state index < -0.39 is 0 Å². The minimum absolute atomic E-state index is 0.0627. The maximum absolute atomic E-state index is 13.1. The lowest BCUT2D eigenvalue weighted by Crippen LogP contribution is -2.41. The first-order valence-corrected chi connectivity index (χ1v) is 11.2. The molecule has 0 atom stereocenters. The molecule has 3 heterocycles. The van der Waals surface area contributed by atoms with Crippen molar-refractivity contribution in [2.24, 2.45) is 5.92 Å². The Balaban J connectivity index is 1.35. The molecule has 34 heavy (non-hydrogen) atoms. The monoisotopic (exact) mass is 464 g/mol. The van der Waals surface area contributed by atoms with Gasteiger partial charge < -0.3 is 24.2 Å². The van der Waals surface area contributed by atoms with Gasteiger partial charge in [-0.1, -0.05) is 11.2 Å². The first-order chi connectivity index (χ1) is 16.5. The van der Waals surface area contributed by atoms with Crippen molar-refractivity contribution in [1.82, 2.24) is 15.0 Å². The molecule has 0 spiro atoms. The Morgan fingerprint density at radius 2 is 1.94 bits per heavy atom. The Labute approximate surface area is 198 Å². The molecule has 2 aromatic heterocycles. The number of nitrogens with zero attached hydrogens (tertiary/aromatic N) is 3. The van der Waals surface area contributed by atoms with Gasteiger partial charge in [0.2, 0.25) is 5.91 Å². The molecule has 0 bridgehead atoms. The molecule has 1 aromatic carbocycles. The molecule has 3 aromatic rings. The zero-order chi connectivity index (χ0) is 24.1. The first-order valence-electron chi connectivity index (χ1n) is 11.2. The number of nitrogens with one attached hydrogen (secondary N) is 1. The minimum Gasteiger partial charge on any atom is -0.493 e. The topological polar surface area (TPSA) is 107 Å². The standard InChI is InChI=1S/C25H28N4O5/c1-16-20(17(2)34-28-16)15-33-21-8-7-19(14-22(21)32-3)25(31)29-12-9-18(10-13-29)24(30)27-23-6-4-5-11-26-23/h4-8,11,14,18H,9-10,12-13,15H2,1-3H3,(H,26,27,30). The van der Waals surface area contributed by atoms with Gasteiger partial charge in [-0.25, -0.2) is 4.98 Å². The molecule has 4 rings (SSSR count). The summed E-state index contributed by atoms with van der Waals surface area (Å²) in [6.45, 7) is 5.00. The van der Waals surface area contributed by atoms with Gasteiger partial charge in [0.15, 0.2) is 11.5 Å². The number of rotatable bonds is 7. The van der Waals surface area contributed by atoms with E-state index in [0.717, 1.165) is 11.3 Å². The van der Waals surface area contributed by atoms with Crippen LogP contribution in [0.1, 0.15) is 40.2 Å². The molecule has 9 heteroatoms. The number of ether oxygens (including phenoxy) is 2. The van der Waals surface area contributed by atoms with Gasteiger partial charge in [-0.15, -0.1) is 0 Å². The number of piperidine rings is 1. The van der Waals surface area contributed by atoms with Crippen LogP contribution in [0.5, 0.6) is 11.5 Å². The molecule has 9 nitrogen and oxygen atoms in total. The highest BCUT2D eigenvalue weighted by atomic mass is 16.5. The number of benzene rings is 1. The van der Waals surface area contributed by atoms with Crippen LogP contribution in [-0.4, -0.2) is 47.1 Å². The zero-order valence-electron chi connectivity index (χ0n) is 19.5. The van der Waals surface area contributed by atoms with Gasteiger partial charge in [-0.3, -0.25) is 9.59 Å². The summed E-state index contributed by atoms with van der Waals surface area (Å²) in [4.78, 5) is 31.5. The Bertz CT molecular complexity index is 1130. The van der Waals surface area contributed by atoms with E-state index in [1.807, 2.05) is 19.9 Å². The largest absolute Gasteiger partial charge is 0.493 e. The van der Waals surface area contributed by atoms with Crippen LogP contribution in [0.25, 0.3) is 0 Å². The normalized spacial score (nSPS) is 14.0. The maximum atomic E-state index is 13.1. The predicted octanol–water partition coefficient (Wildman–Crippen LogP) is 3.76. The second-order valence-electron chi connectivity index (χ2n) is 8.23. The third kappa shape index (κ3) is 5.19. The molecule has 1 aliphatic heterocycles. The summed E-state index contributed by atoms with van der Waals surface area (Å²) in [5.41, 5.74) is 2.18. The Hall–Kier alpha value is -3.88. The number of hydrogen-bond acceptors (Lipinski definition) is 7. The lowest BCUT2D eigenvalue weighted by atomic mass is 9.95. The SMILES string of the molecule is COc1cc(C(=O)N2CCC(C(=O)Nc3ccccn3)CC2)ccc1OCc1c(C)noc1C. The van der Waals surface area contributed by atoms with E-state index >= 15 is 0 Å². The Morgan fingerprint density at radius 1 is 1.15 bits per heavy atom. The summed E-state index contributed by atoms with van der Waals surface area (Å²) in [6, 6.07) is 10.5. The molecular formula is C25H28N4O5. The van der Waals surface area contributed by atoms with Crippen LogP contribution >= 0.6 is 0 Å². The maximum Gasteiger partial charge on any atom is 0.253 e. The molecule has 1 saturated heterocycles. The van der Waals surface area contributed by atoms with Crippen molar-refractivity contribution in [3.8, 4) is 11.5 Å². The van der Waals surface area contributed by atoms with E-state index in [2.05, 4.69) is 15.5 Å². The number of likely N-dealkylation sites (tertiary alicyclic amines) is 1. The molecule has 2 amide bonds. The van der Waals surface area contributed by atoms with E-state index in [4.69, 9.17) is 14.0 Å². The molecule has 0 saturated carbocycles. The summed E-state index contributed by atoms with van der Waals surface area (Å²) < 4.78 is 16.5. The van der Waals surface area contributed by atoms with Gasteiger partial charge in [0.25, 0.3) is 5.91 Å². The average molecular weight is 465 g/mol. The number of methoxy groups -OCH3 is 1. The summed E-state index contributed by atoms with van der Waals surface area (Å²) in [6.07, 6.45) is 2.83. The second kappa shape index (κ2) is 10.4. The number of hydrogen-bond donors (Lipinski definition) is 1. The fourth-order valence-corrected chi connectivity index (χ4v) is 3.97. The van der Waals surface area contributed by atoms with Gasteiger partial charge in [-0.2, -0.15) is 0 Å². The lowest BCUT2D eigenvalue weighted by molar-refractivity contribution is -0.121. The molecule has 1 fully saturated rings. The molecular weight excluding hydrogens is 436 g/mol. The van der Waals surface area contributed by atoms with Gasteiger partial charge >= 0.3 is 0 Å². The Kier molecular flexibility index (Phi) is 7.10. The summed E-state index contributed by atoms with van der Waals surface area (Å²) in [5.74, 6) is 1.94. The fraction of sp³-hybridized carbons (Fsp3) is 0.360. The van der Waals surface area contributed by atoms with Crippen LogP contribution in [-0.2, 0) is 11.4 Å². The van der Waals surface area contributed by atoms with Gasteiger partial charge in [0.05, 0.1) is 18.4 Å². The molecule has 0 aliphatic carbocycles. The van der Waals surface area contributed by atoms with Crippen LogP contribution in [0.3, 0.4) is 0 Å². The molecule has 0 unspecified atom stereocenters. The third-order valence-corrected chi connectivity index (χ3v) is 6.03. The average Bonchev–Trinajstić information content (AvgIpc) is 3.19. The summed E-state index contributed by atoms with van der Waals surface area (Å²) in [5, 5.41) is 6.78. The number of aryl methyl sites for hydroxylation is 2. The fourth-order valence-electron chi connectivity index (χ4n) is 3.97. The number of amides is 2.